The predicted octanol–water partition coefficient (Wildman–Crippen LogP) is 4.53. The lowest BCUT2D eigenvalue weighted by atomic mass is 10.1. The van der Waals surface area contributed by atoms with Crippen molar-refractivity contribution in [1.82, 2.24) is 5.43 Å². The van der Waals surface area contributed by atoms with Gasteiger partial charge >= 0.3 is 11.8 Å². The third-order valence-corrected chi connectivity index (χ3v) is 5.38. The van der Waals surface area contributed by atoms with Gasteiger partial charge in [-0.25, -0.2) is 5.43 Å². The summed E-state index contributed by atoms with van der Waals surface area (Å²) >= 11 is 0. The van der Waals surface area contributed by atoms with Gasteiger partial charge in [0.1, 0.15) is 11.5 Å². The molecule has 0 aliphatic heterocycles. The lowest BCUT2D eigenvalue weighted by Crippen LogP contribution is -2.32. The molecule has 198 valence electrons. The molecular formula is C29H32N4O5. The van der Waals surface area contributed by atoms with E-state index in [-0.39, 0.29) is 12.5 Å². The van der Waals surface area contributed by atoms with Crippen molar-refractivity contribution in [3.8, 4) is 11.5 Å². The second kappa shape index (κ2) is 14.8. The Hall–Kier alpha value is -4.66. The quantitative estimate of drug-likeness (QED) is 0.141. The number of anilines is 2. The van der Waals surface area contributed by atoms with Gasteiger partial charge in [-0.3, -0.25) is 14.4 Å². The second-order valence-corrected chi connectivity index (χ2v) is 8.30. The monoisotopic (exact) mass is 516 g/mol. The molecule has 9 heteroatoms. The summed E-state index contributed by atoms with van der Waals surface area (Å²) in [6.45, 7) is 4.56. The van der Waals surface area contributed by atoms with Gasteiger partial charge < -0.3 is 20.1 Å². The van der Waals surface area contributed by atoms with Crippen LogP contribution in [0.4, 0.5) is 11.4 Å². The van der Waals surface area contributed by atoms with E-state index in [0.717, 1.165) is 19.3 Å². The van der Waals surface area contributed by atoms with E-state index in [1.165, 1.54) is 11.8 Å². The van der Waals surface area contributed by atoms with Gasteiger partial charge in [-0.1, -0.05) is 44.5 Å². The third kappa shape index (κ3) is 9.09. The minimum atomic E-state index is -0.934. The number of benzene rings is 3. The number of para-hydroxylation sites is 1. The van der Waals surface area contributed by atoms with Crippen LogP contribution in [-0.2, 0) is 20.8 Å². The van der Waals surface area contributed by atoms with E-state index in [9.17, 15) is 14.4 Å². The summed E-state index contributed by atoms with van der Waals surface area (Å²) in [7, 11) is 0. The van der Waals surface area contributed by atoms with Gasteiger partial charge in [0, 0.05) is 16.9 Å². The predicted molar refractivity (Wildman–Crippen MR) is 148 cm³/mol. The summed E-state index contributed by atoms with van der Waals surface area (Å²) in [5.41, 5.74) is 5.03. The molecular weight excluding hydrogens is 484 g/mol. The van der Waals surface area contributed by atoms with Crippen molar-refractivity contribution in [3.63, 3.8) is 0 Å². The fourth-order valence-electron chi connectivity index (χ4n) is 3.25. The summed E-state index contributed by atoms with van der Waals surface area (Å²) in [4.78, 5) is 36.6. The first-order valence-electron chi connectivity index (χ1n) is 12.5. The maximum absolute atomic E-state index is 12.3. The van der Waals surface area contributed by atoms with Crippen LogP contribution in [0, 0.1) is 0 Å². The van der Waals surface area contributed by atoms with Gasteiger partial charge in [0.2, 0.25) is 0 Å². The maximum Gasteiger partial charge on any atom is 0.329 e. The highest BCUT2D eigenvalue weighted by Crippen LogP contribution is 2.17. The van der Waals surface area contributed by atoms with Crippen LogP contribution in [0.25, 0.3) is 0 Å². The highest BCUT2D eigenvalue weighted by Gasteiger charge is 2.13. The summed E-state index contributed by atoms with van der Waals surface area (Å²) in [5, 5.41) is 9.13. The van der Waals surface area contributed by atoms with Gasteiger partial charge in [-0.05, 0) is 66.9 Å². The van der Waals surface area contributed by atoms with Crippen LogP contribution in [0.5, 0.6) is 11.5 Å². The summed E-state index contributed by atoms with van der Waals surface area (Å²) in [6, 6.07) is 21.2. The highest BCUT2D eigenvalue weighted by atomic mass is 16.5. The molecule has 0 unspecified atom stereocenters. The molecule has 0 radical (unpaired) electrons. The summed E-state index contributed by atoms with van der Waals surface area (Å²) < 4.78 is 11.2. The van der Waals surface area contributed by atoms with Gasteiger partial charge in [0.15, 0.2) is 6.61 Å². The molecule has 3 rings (SSSR count). The number of rotatable bonds is 12. The number of hydrazone groups is 1. The lowest BCUT2D eigenvalue weighted by molar-refractivity contribution is -0.136. The molecule has 0 saturated carbocycles. The number of aryl methyl sites for hydroxylation is 1. The Morgan fingerprint density at radius 3 is 2.21 bits per heavy atom. The van der Waals surface area contributed by atoms with Crippen molar-refractivity contribution in [2.24, 2.45) is 5.10 Å². The minimum Gasteiger partial charge on any atom is -0.494 e. The first kappa shape index (κ1) is 27.9. The fourth-order valence-corrected chi connectivity index (χ4v) is 3.25. The number of ether oxygens (including phenoxy) is 2. The molecule has 3 N–H and O–H groups in total. The molecule has 9 nitrogen and oxygen atoms in total. The smallest absolute Gasteiger partial charge is 0.329 e. The number of nitrogens with one attached hydrogen (secondary N) is 3. The van der Waals surface area contributed by atoms with Crippen LogP contribution < -0.4 is 25.5 Å². The molecule has 38 heavy (non-hydrogen) atoms. The van der Waals surface area contributed by atoms with Crippen LogP contribution >= 0.6 is 0 Å². The molecule has 0 aliphatic rings. The van der Waals surface area contributed by atoms with Gasteiger partial charge in [0.05, 0.1) is 12.8 Å². The minimum absolute atomic E-state index is 0.211. The Kier molecular flexibility index (Phi) is 10.9. The molecule has 0 aromatic heterocycles. The van der Waals surface area contributed by atoms with Crippen molar-refractivity contribution in [2.75, 3.05) is 23.8 Å². The number of nitrogens with zero attached hydrogens (tertiary/aromatic N) is 1. The number of carbonyl (C=O) groups excluding carboxylic acids is 3. The zero-order chi connectivity index (χ0) is 27.2. The van der Waals surface area contributed by atoms with E-state index in [1.54, 1.807) is 48.5 Å². The van der Waals surface area contributed by atoms with E-state index in [4.69, 9.17) is 9.47 Å². The van der Waals surface area contributed by atoms with E-state index in [1.807, 2.05) is 24.3 Å². The van der Waals surface area contributed by atoms with Crippen LogP contribution in [0.15, 0.2) is 77.9 Å². The van der Waals surface area contributed by atoms with Crippen molar-refractivity contribution >= 4 is 35.3 Å². The number of hydrogen-bond donors (Lipinski definition) is 3. The zero-order valence-corrected chi connectivity index (χ0v) is 21.5. The molecule has 3 aromatic carbocycles. The normalized spacial score (nSPS) is 10.6. The lowest BCUT2D eigenvalue weighted by Gasteiger charge is -2.10. The molecule has 0 saturated heterocycles. The van der Waals surface area contributed by atoms with E-state index in [2.05, 4.69) is 35.0 Å². The average molecular weight is 517 g/mol. The Balaban J connectivity index is 1.47. The van der Waals surface area contributed by atoms with Crippen molar-refractivity contribution < 1.29 is 23.9 Å². The highest BCUT2D eigenvalue weighted by molar-refractivity contribution is 6.39. The van der Waals surface area contributed by atoms with Crippen LogP contribution in [0.1, 0.15) is 37.8 Å². The van der Waals surface area contributed by atoms with Crippen molar-refractivity contribution in [2.45, 2.75) is 33.1 Å². The maximum atomic E-state index is 12.3. The first-order chi connectivity index (χ1) is 18.5. The molecule has 0 spiro atoms. The number of amides is 3. The Morgan fingerprint density at radius 1 is 0.816 bits per heavy atom. The molecule has 0 atom stereocenters. The average Bonchev–Trinajstić information content (AvgIpc) is 2.94. The van der Waals surface area contributed by atoms with E-state index < -0.39 is 11.8 Å². The first-order valence-corrected chi connectivity index (χ1v) is 12.5. The van der Waals surface area contributed by atoms with Gasteiger partial charge in [0.25, 0.3) is 5.91 Å². The van der Waals surface area contributed by atoms with E-state index >= 15 is 0 Å². The number of carbonyl (C=O) groups is 3. The zero-order valence-electron chi connectivity index (χ0n) is 21.5. The molecule has 3 aromatic rings. The number of unbranched alkanes of at least 4 members (excludes halogenated alkanes) is 1. The fraction of sp³-hybridized carbons (Fsp3) is 0.241. The Morgan fingerprint density at radius 2 is 1.50 bits per heavy atom. The molecule has 0 heterocycles. The van der Waals surface area contributed by atoms with Crippen LogP contribution in [0.2, 0.25) is 0 Å². The standard InChI is InChI=1S/C29H32N4O5/c1-3-5-18-37-25-16-14-24(15-17-25)32-28(35)29(36)33-30-19-22-8-6-7-9-26(22)38-20-27(34)31-23-12-10-21(4-2)11-13-23/h6-17,19H,3-5,18,20H2,1-2H3,(H,31,34)(H,32,35)(H,33,36)/b30-19-. The second-order valence-electron chi connectivity index (χ2n) is 8.30. The van der Waals surface area contributed by atoms with Crippen molar-refractivity contribution in [3.05, 3.63) is 83.9 Å². The Bertz CT molecular complexity index is 1240. The number of hydrogen-bond acceptors (Lipinski definition) is 6. The van der Waals surface area contributed by atoms with Crippen LogP contribution in [-0.4, -0.2) is 37.1 Å². The molecule has 0 fully saturated rings. The third-order valence-electron chi connectivity index (χ3n) is 5.38. The summed E-state index contributed by atoms with van der Waals surface area (Å²) in [6.07, 6.45) is 4.25. The molecule has 0 aliphatic carbocycles. The van der Waals surface area contributed by atoms with Crippen LogP contribution in [0.3, 0.4) is 0 Å². The molecule has 3 amide bonds. The van der Waals surface area contributed by atoms with E-state index in [0.29, 0.717) is 35.0 Å². The topological polar surface area (TPSA) is 118 Å². The van der Waals surface area contributed by atoms with Crippen molar-refractivity contribution in [1.29, 1.82) is 0 Å². The largest absolute Gasteiger partial charge is 0.494 e. The molecule has 0 bridgehead atoms. The SMILES string of the molecule is CCCCOc1ccc(NC(=O)C(=O)N/N=C\c2ccccc2OCC(=O)Nc2ccc(CC)cc2)cc1. The van der Waals surface area contributed by atoms with Gasteiger partial charge in [-0.15, -0.1) is 0 Å². The summed E-state index contributed by atoms with van der Waals surface area (Å²) in [5.74, 6) is -1.03. The van der Waals surface area contributed by atoms with Gasteiger partial charge in [-0.2, -0.15) is 5.10 Å². The Labute approximate surface area is 222 Å².